The molecule has 0 aliphatic rings. The molecular formula is C9H9BrN2O2. The van der Waals surface area contributed by atoms with Crippen molar-refractivity contribution in [3.63, 3.8) is 0 Å². The minimum absolute atomic E-state index is 0.134. The van der Waals surface area contributed by atoms with E-state index < -0.39 is 0 Å². The molecule has 5 heteroatoms. The molecule has 4 nitrogen and oxygen atoms in total. The summed E-state index contributed by atoms with van der Waals surface area (Å²) in [5.74, 6) is -0.490. The average Bonchev–Trinajstić information content (AvgIpc) is 2.15. The summed E-state index contributed by atoms with van der Waals surface area (Å²) >= 11 is 3.11. The lowest BCUT2D eigenvalue weighted by atomic mass is 10.2. The Bertz CT molecular complexity index is 366. The lowest BCUT2D eigenvalue weighted by Crippen LogP contribution is -2.24. The van der Waals surface area contributed by atoms with Crippen LogP contribution in [0.5, 0.6) is 5.75 Å². The smallest absolute Gasteiger partial charge is 0.255 e. The summed E-state index contributed by atoms with van der Waals surface area (Å²) in [4.78, 5) is 15.1. The number of halogens is 1. The fourth-order valence-corrected chi connectivity index (χ4v) is 0.990. The molecule has 1 amide bonds. The van der Waals surface area contributed by atoms with Gasteiger partial charge in [0, 0.05) is 17.2 Å². The van der Waals surface area contributed by atoms with E-state index in [9.17, 15) is 9.90 Å². The molecule has 1 rings (SSSR count). The second-order valence-corrected chi connectivity index (χ2v) is 3.71. The summed E-state index contributed by atoms with van der Waals surface area (Å²) in [5.41, 5.74) is 0.203. The van der Waals surface area contributed by atoms with Crippen LogP contribution in [0.3, 0.4) is 0 Å². The standard InChI is InChI=1S/C9H9BrN2O2/c1-6(10)4-12-9(14)7-2-3-11-5-8(7)13/h2-3,5,13H,1,4H2,(H,12,14). The predicted octanol–water partition coefficient (Wildman–Crippen LogP) is 1.43. The van der Waals surface area contributed by atoms with Crippen molar-refractivity contribution >= 4 is 21.8 Å². The topological polar surface area (TPSA) is 62.2 Å². The maximum Gasteiger partial charge on any atom is 0.255 e. The van der Waals surface area contributed by atoms with E-state index >= 15 is 0 Å². The molecule has 0 aromatic carbocycles. The third kappa shape index (κ3) is 2.85. The number of carbonyl (C=O) groups excluding carboxylic acids is 1. The van der Waals surface area contributed by atoms with Crippen molar-refractivity contribution in [1.29, 1.82) is 0 Å². The van der Waals surface area contributed by atoms with Gasteiger partial charge in [-0.2, -0.15) is 0 Å². The summed E-state index contributed by atoms with van der Waals surface area (Å²) in [6.45, 7) is 3.89. The minimum Gasteiger partial charge on any atom is -0.505 e. The van der Waals surface area contributed by atoms with Crippen molar-refractivity contribution < 1.29 is 9.90 Å². The second-order valence-electron chi connectivity index (χ2n) is 2.59. The van der Waals surface area contributed by atoms with Crippen molar-refractivity contribution in [3.8, 4) is 5.75 Å². The number of nitrogens with zero attached hydrogens (tertiary/aromatic N) is 1. The Balaban J connectivity index is 2.70. The van der Waals surface area contributed by atoms with Gasteiger partial charge in [-0.1, -0.05) is 22.5 Å². The number of aromatic hydroxyl groups is 1. The largest absolute Gasteiger partial charge is 0.505 e. The van der Waals surface area contributed by atoms with Gasteiger partial charge in [-0.05, 0) is 6.07 Å². The van der Waals surface area contributed by atoms with E-state index in [4.69, 9.17) is 0 Å². The van der Waals surface area contributed by atoms with Crippen LogP contribution in [-0.2, 0) is 0 Å². The monoisotopic (exact) mass is 256 g/mol. The van der Waals surface area contributed by atoms with E-state index in [0.717, 1.165) is 0 Å². The van der Waals surface area contributed by atoms with Crippen molar-refractivity contribution in [2.45, 2.75) is 0 Å². The van der Waals surface area contributed by atoms with Crippen LogP contribution >= 0.6 is 15.9 Å². The molecule has 14 heavy (non-hydrogen) atoms. The first-order valence-electron chi connectivity index (χ1n) is 3.85. The molecule has 0 bridgehead atoms. The lowest BCUT2D eigenvalue weighted by molar-refractivity contribution is 0.0955. The maximum absolute atomic E-state index is 11.4. The Labute approximate surface area is 89.8 Å². The van der Waals surface area contributed by atoms with Gasteiger partial charge in [0.1, 0.15) is 5.75 Å². The molecule has 74 valence electrons. The van der Waals surface area contributed by atoms with Gasteiger partial charge in [-0.25, -0.2) is 0 Å². The molecule has 0 unspecified atom stereocenters. The zero-order valence-corrected chi connectivity index (χ0v) is 8.91. The molecule has 0 atom stereocenters. The molecule has 0 saturated carbocycles. The Morgan fingerprint density at radius 1 is 1.71 bits per heavy atom. The zero-order valence-electron chi connectivity index (χ0n) is 7.33. The Morgan fingerprint density at radius 3 is 3.00 bits per heavy atom. The van der Waals surface area contributed by atoms with E-state index in [-0.39, 0.29) is 17.2 Å². The lowest BCUT2D eigenvalue weighted by Gasteiger charge is -2.04. The number of pyridine rings is 1. The first-order valence-corrected chi connectivity index (χ1v) is 4.65. The van der Waals surface area contributed by atoms with Crippen LogP contribution in [-0.4, -0.2) is 22.5 Å². The van der Waals surface area contributed by atoms with Crippen LogP contribution in [0, 0.1) is 0 Å². The van der Waals surface area contributed by atoms with Crippen LogP contribution < -0.4 is 5.32 Å². The number of carbonyl (C=O) groups is 1. The molecule has 2 N–H and O–H groups in total. The van der Waals surface area contributed by atoms with E-state index in [2.05, 4.69) is 32.8 Å². The molecular weight excluding hydrogens is 248 g/mol. The summed E-state index contributed by atoms with van der Waals surface area (Å²) in [5, 5.41) is 11.9. The number of hydrogen-bond acceptors (Lipinski definition) is 3. The number of amides is 1. The summed E-state index contributed by atoms with van der Waals surface area (Å²) < 4.78 is 0.666. The fraction of sp³-hybridized carbons (Fsp3) is 0.111. The van der Waals surface area contributed by atoms with Crippen molar-refractivity contribution in [2.24, 2.45) is 0 Å². The van der Waals surface area contributed by atoms with Gasteiger partial charge in [0.2, 0.25) is 0 Å². The summed E-state index contributed by atoms with van der Waals surface area (Å²) in [6, 6.07) is 1.45. The minimum atomic E-state index is -0.356. The highest BCUT2D eigenvalue weighted by Gasteiger charge is 2.09. The highest BCUT2D eigenvalue weighted by Crippen LogP contribution is 2.13. The normalized spacial score (nSPS) is 9.50. The molecule has 1 heterocycles. The molecule has 0 saturated heterocycles. The molecule has 0 spiro atoms. The molecule has 1 aromatic rings. The van der Waals surface area contributed by atoms with Gasteiger partial charge in [0.25, 0.3) is 5.91 Å². The van der Waals surface area contributed by atoms with Gasteiger partial charge in [-0.15, -0.1) is 0 Å². The summed E-state index contributed by atoms with van der Waals surface area (Å²) in [7, 11) is 0. The second kappa shape index (κ2) is 4.76. The van der Waals surface area contributed by atoms with E-state index in [1.54, 1.807) is 0 Å². The van der Waals surface area contributed by atoms with Gasteiger partial charge >= 0.3 is 0 Å². The number of aromatic nitrogens is 1. The van der Waals surface area contributed by atoms with E-state index in [0.29, 0.717) is 11.0 Å². The molecule has 0 radical (unpaired) electrons. The van der Waals surface area contributed by atoms with Crippen molar-refractivity contribution in [2.75, 3.05) is 6.54 Å². The third-order valence-electron chi connectivity index (χ3n) is 1.49. The number of nitrogens with one attached hydrogen (secondary N) is 1. The molecule has 0 aliphatic heterocycles. The highest BCUT2D eigenvalue weighted by molar-refractivity contribution is 9.11. The average molecular weight is 257 g/mol. The summed E-state index contributed by atoms with van der Waals surface area (Å²) in [6.07, 6.45) is 2.66. The Morgan fingerprint density at radius 2 is 2.43 bits per heavy atom. The van der Waals surface area contributed by atoms with Crippen LogP contribution in [0.4, 0.5) is 0 Å². The maximum atomic E-state index is 11.4. The van der Waals surface area contributed by atoms with Crippen LogP contribution in [0.15, 0.2) is 29.5 Å². The van der Waals surface area contributed by atoms with E-state index in [1.807, 2.05) is 0 Å². The Hall–Kier alpha value is -1.36. The van der Waals surface area contributed by atoms with Gasteiger partial charge in [0.15, 0.2) is 0 Å². The van der Waals surface area contributed by atoms with Gasteiger partial charge in [0.05, 0.1) is 11.8 Å². The van der Waals surface area contributed by atoms with Crippen LogP contribution in [0.2, 0.25) is 0 Å². The van der Waals surface area contributed by atoms with E-state index in [1.165, 1.54) is 18.5 Å². The number of hydrogen-bond donors (Lipinski definition) is 2. The van der Waals surface area contributed by atoms with Gasteiger partial charge < -0.3 is 10.4 Å². The molecule has 0 fully saturated rings. The van der Waals surface area contributed by atoms with Crippen molar-refractivity contribution in [3.05, 3.63) is 35.1 Å². The highest BCUT2D eigenvalue weighted by atomic mass is 79.9. The van der Waals surface area contributed by atoms with Crippen molar-refractivity contribution in [1.82, 2.24) is 10.3 Å². The SMILES string of the molecule is C=C(Br)CNC(=O)c1ccncc1O. The predicted molar refractivity (Wildman–Crippen MR) is 56.3 cm³/mol. The Kier molecular flexibility index (Phi) is 3.64. The quantitative estimate of drug-likeness (QED) is 0.860. The number of rotatable bonds is 3. The fourth-order valence-electron chi connectivity index (χ4n) is 0.850. The van der Waals surface area contributed by atoms with Crippen LogP contribution in [0.25, 0.3) is 0 Å². The first-order chi connectivity index (χ1) is 6.61. The zero-order chi connectivity index (χ0) is 10.6. The first kappa shape index (κ1) is 10.7. The van der Waals surface area contributed by atoms with Crippen LogP contribution in [0.1, 0.15) is 10.4 Å². The van der Waals surface area contributed by atoms with Gasteiger partial charge in [-0.3, -0.25) is 9.78 Å². The third-order valence-corrected chi connectivity index (χ3v) is 1.77. The molecule has 0 aliphatic carbocycles. The molecule has 1 aromatic heterocycles.